The van der Waals surface area contributed by atoms with Gasteiger partial charge in [0.2, 0.25) is 0 Å². The maximum absolute atomic E-state index is 13.9. The summed E-state index contributed by atoms with van der Waals surface area (Å²) >= 11 is 0. The van der Waals surface area contributed by atoms with Crippen molar-refractivity contribution in [3.8, 4) is 5.75 Å². The van der Waals surface area contributed by atoms with E-state index >= 15 is 0 Å². The topological polar surface area (TPSA) is 62.4 Å². The molecule has 0 amide bonds. The van der Waals surface area contributed by atoms with E-state index < -0.39 is 0 Å². The summed E-state index contributed by atoms with van der Waals surface area (Å²) in [5.41, 5.74) is 4.21. The summed E-state index contributed by atoms with van der Waals surface area (Å²) < 4.78 is 25.7. The number of ether oxygens (including phenoxy) is 2. The highest BCUT2D eigenvalue weighted by atomic mass is 19.1. The van der Waals surface area contributed by atoms with Gasteiger partial charge in [0.05, 0.1) is 24.8 Å². The zero-order chi connectivity index (χ0) is 20.9. The first-order chi connectivity index (χ1) is 15.2. The van der Waals surface area contributed by atoms with Crippen LogP contribution in [0, 0.1) is 5.82 Å². The Morgan fingerprint density at radius 2 is 2.13 bits per heavy atom. The minimum atomic E-state index is -0.276. The molecule has 1 aliphatic carbocycles. The monoisotopic (exact) mass is 422 g/mol. The first-order valence-electron chi connectivity index (χ1n) is 11.2. The van der Waals surface area contributed by atoms with E-state index in [2.05, 4.69) is 33.2 Å². The molecule has 162 valence electrons. The Bertz CT molecular complexity index is 1110. The molecular weight excluding hydrogens is 395 g/mol. The lowest BCUT2D eigenvalue weighted by Crippen LogP contribution is -2.54. The van der Waals surface area contributed by atoms with Crippen LogP contribution in [0.25, 0.3) is 11.0 Å². The lowest BCUT2D eigenvalue weighted by molar-refractivity contribution is -0.0465. The van der Waals surface area contributed by atoms with Gasteiger partial charge in [0.25, 0.3) is 0 Å². The molecule has 1 saturated carbocycles. The number of hydrogen-bond acceptors (Lipinski definition) is 5. The summed E-state index contributed by atoms with van der Waals surface area (Å²) in [4.78, 5) is 10.5. The van der Waals surface area contributed by atoms with Crippen LogP contribution < -0.4 is 10.1 Å². The highest BCUT2D eigenvalue weighted by Crippen LogP contribution is 2.42. The average molecular weight is 423 g/mol. The van der Waals surface area contributed by atoms with Crippen LogP contribution in [0.15, 0.2) is 36.5 Å². The Kier molecular flexibility index (Phi) is 4.61. The number of anilines is 1. The number of nitrogens with zero attached hydrogens (tertiary/aromatic N) is 2. The van der Waals surface area contributed by atoms with Crippen molar-refractivity contribution in [1.82, 2.24) is 14.9 Å². The molecule has 2 fully saturated rings. The number of benzene rings is 1. The van der Waals surface area contributed by atoms with E-state index in [9.17, 15) is 4.39 Å². The van der Waals surface area contributed by atoms with E-state index in [0.29, 0.717) is 24.9 Å². The smallest absolute Gasteiger partial charge is 0.139 e. The zero-order valence-corrected chi connectivity index (χ0v) is 17.6. The van der Waals surface area contributed by atoms with Crippen LogP contribution in [-0.2, 0) is 4.74 Å². The standard InChI is InChI=1S/C24H27FN4O2/c1-14-12-29(8-9-30-14)21-13-31-22-10-16(25)4-5-17(22)23(21)27-19-6-7-26-24-18(19)11-20(28-24)15-2-3-15/h4-7,10-11,14-15,21,23H,2-3,8-9,12-13H2,1H3,(H2,26,27,28)/t14-,21+,23+/m1/s1. The molecule has 3 atom stereocenters. The van der Waals surface area contributed by atoms with E-state index in [0.717, 1.165) is 35.4 Å². The van der Waals surface area contributed by atoms with Gasteiger partial charge in [-0.05, 0) is 43.9 Å². The molecule has 4 heterocycles. The SMILES string of the molecule is C[C@@H]1CN([C@H]2COc3cc(F)ccc3[C@@H]2Nc2ccnc3[nH]c(C4CC4)cc23)CCO1. The van der Waals surface area contributed by atoms with Crippen LogP contribution >= 0.6 is 0 Å². The highest BCUT2D eigenvalue weighted by Gasteiger charge is 2.37. The number of rotatable bonds is 4. The van der Waals surface area contributed by atoms with Gasteiger partial charge in [0, 0.05) is 47.7 Å². The number of H-pyrrole nitrogens is 1. The summed E-state index contributed by atoms with van der Waals surface area (Å²) in [5.74, 6) is 0.978. The summed E-state index contributed by atoms with van der Waals surface area (Å²) in [5, 5.41) is 4.89. The van der Waals surface area contributed by atoms with Crippen LogP contribution in [-0.4, -0.2) is 53.3 Å². The van der Waals surface area contributed by atoms with Gasteiger partial charge >= 0.3 is 0 Å². The van der Waals surface area contributed by atoms with Gasteiger partial charge in [-0.2, -0.15) is 0 Å². The van der Waals surface area contributed by atoms with Crippen LogP contribution in [0.4, 0.5) is 10.1 Å². The summed E-state index contributed by atoms with van der Waals surface area (Å²) in [6.07, 6.45) is 4.51. The molecule has 7 heteroatoms. The number of aromatic nitrogens is 2. The molecule has 6 nitrogen and oxygen atoms in total. The predicted octanol–water partition coefficient (Wildman–Crippen LogP) is 4.21. The third-order valence-electron chi connectivity index (χ3n) is 6.73. The molecule has 31 heavy (non-hydrogen) atoms. The Labute approximate surface area is 180 Å². The van der Waals surface area contributed by atoms with Gasteiger partial charge in [-0.25, -0.2) is 9.37 Å². The molecule has 2 aliphatic heterocycles. The molecule has 1 aromatic carbocycles. The van der Waals surface area contributed by atoms with E-state index in [-0.39, 0.29) is 24.0 Å². The van der Waals surface area contributed by atoms with Crippen molar-refractivity contribution < 1.29 is 13.9 Å². The van der Waals surface area contributed by atoms with Crippen molar-refractivity contribution in [3.63, 3.8) is 0 Å². The van der Waals surface area contributed by atoms with Crippen molar-refractivity contribution in [1.29, 1.82) is 0 Å². The molecule has 3 aliphatic rings. The van der Waals surface area contributed by atoms with Crippen molar-refractivity contribution in [2.75, 3.05) is 31.6 Å². The van der Waals surface area contributed by atoms with Gasteiger partial charge < -0.3 is 19.8 Å². The van der Waals surface area contributed by atoms with Crippen molar-refractivity contribution in [2.45, 2.75) is 43.9 Å². The fourth-order valence-electron chi connectivity index (χ4n) is 4.96. The third-order valence-corrected chi connectivity index (χ3v) is 6.73. The van der Waals surface area contributed by atoms with Gasteiger partial charge in [-0.1, -0.05) is 6.07 Å². The van der Waals surface area contributed by atoms with Gasteiger partial charge in [-0.15, -0.1) is 0 Å². The van der Waals surface area contributed by atoms with Gasteiger partial charge in [0.15, 0.2) is 0 Å². The van der Waals surface area contributed by atoms with Crippen LogP contribution in [0.1, 0.15) is 43.0 Å². The summed E-state index contributed by atoms with van der Waals surface area (Å²) in [7, 11) is 0. The van der Waals surface area contributed by atoms with Crippen LogP contribution in [0.5, 0.6) is 5.75 Å². The Balaban J connectivity index is 1.39. The summed E-state index contributed by atoms with van der Waals surface area (Å²) in [6, 6.07) is 9.22. The fraction of sp³-hybridized carbons (Fsp3) is 0.458. The van der Waals surface area contributed by atoms with E-state index in [1.807, 2.05) is 18.3 Å². The first-order valence-corrected chi connectivity index (χ1v) is 11.2. The molecular formula is C24H27FN4O2. The molecule has 2 N–H and O–H groups in total. The molecule has 0 bridgehead atoms. The fourth-order valence-corrected chi connectivity index (χ4v) is 4.96. The van der Waals surface area contributed by atoms with Crippen LogP contribution in [0.2, 0.25) is 0 Å². The van der Waals surface area contributed by atoms with Crippen molar-refractivity contribution >= 4 is 16.7 Å². The number of halogens is 1. The predicted molar refractivity (Wildman–Crippen MR) is 117 cm³/mol. The molecule has 0 radical (unpaired) electrons. The number of nitrogens with one attached hydrogen (secondary N) is 2. The highest BCUT2D eigenvalue weighted by molar-refractivity contribution is 5.90. The molecule has 2 aromatic heterocycles. The van der Waals surface area contributed by atoms with E-state index in [1.54, 1.807) is 0 Å². The minimum Gasteiger partial charge on any atom is -0.491 e. The van der Waals surface area contributed by atoms with Crippen LogP contribution in [0.3, 0.4) is 0 Å². The first kappa shape index (κ1) is 19.1. The van der Waals surface area contributed by atoms with E-state index in [4.69, 9.17) is 9.47 Å². The average Bonchev–Trinajstić information content (AvgIpc) is 3.52. The van der Waals surface area contributed by atoms with E-state index in [1.165, 1.54) is 30.7 Å². The van der Waals surface area contributed by atoms with Gasteiger partial charge in [-0.3, -0.25) is 4.90 Å². The molecule has 3 aromatic rings. The summed E-state index contributed by atoms with van der Waals surface area (Å²) in [6.45, 7) is 5.03. The quantitative estimate of drug-likeness (QED) is 0.659. The second-order valence-electron chi connectivity index (χ2n) is 8.98. The lowest BCUT2D eigenvalue weighted by atomic mass is 9.93. The Morgan fingerprint density at radius 3 is 2.97 bits per heavy atom. The number of morpholine rings is 1. The number of aromatic amines is 1. The largest absolute Gasteiger partial charge is 0.491 e. The molecule has 0 unspecified atom stereocenters. The second-order valence-corrected chi connectivity index (χ2v) is 8.98. The Morgan fingerprint density at radius 1 is 1.23 bits per heavy atom. The maximum Gasteiger partial charge on any atom is 0.139 e. The Hall–Kier alpha value is -2.64. The zero-order valence-electron chi connectivity index (χ0n) is 17.6. The third kappa shape index (κ3) is 3.55. The maximum atomic E-state index is 13.9. The van der Waals surface area contributed by atoms with Gasteiger partial charge in [0.1, 0.15) is 23.8 Å². The van der Waals surface area contributed by atoms with Crippen molar-refractivity contribution in [3.05, 3.63) is 53.6 Å². The lowest BCUT2D eigenvalue weighted by Gasteiger charge is -2.44. The van der Waals surface area contributed by atoms with Crippen molar-refractivity contribution in [2.24, 2.45) is 0 Å². The number of pyridine rings is 1. The molecule has 6 rings (SSSR count). The molecule has 0 spiro atoms. The minimum absolute atomic E-state index is 0.0282. The second kappa shape index (κ2) is 7.50. The normalized spacial score (nSPS) is 26.5. The molecule has 1 saturated heterocycles. The number of hydrogen-bond donors (Lipinski definition) is 2. The number of fused-ring (bicyclic) bond motifs is 2.